The fraction of sp³-hybridized carbons (Fsp3) is 0.143. The molecule has 0 N–H and O–H groups in total. The van der Waals surface area contributed by atoms with Crippen LogP contribution in [0.1, 0.15) is 0 Å². The van der Waals surface area contributed by atoms with Crippen molar-refractivity contribution < 1.29 is 4.74 Å². The molecule has 0 aromatic heterocycles. The zero-order chi connectivity index (χ0) is 8.39. The van der Waals surface area contributed by atoms with Crippen molar-refractivity contribution >= 4 is 40.6 Å². The van der Waals surface area contributed by atoms with Gasteiger partial charge in [-0.1, -0.05) is 0 Å². The maximum absolute atomic E-state index is 5.10. The van der Waals surface area contributed by atoms with Crippen molar-refractivity contribution in [3.63, 3.8) is 0 Å². The Labute approximate surface area is 82.6 Å². The molecule has 12 heavy (non-hydrogen) atoms. The monoisotopic (exact) mass is 235 g/mol. The minimum Gasteiger partial charge on any atom is -0.497 e. The molecule has 0 aliphatic carbocycles. The van der Waals surface area contributed by atoms with Crippen molar-refractivity contribution in [2.75, 3.05) is 7.11 Å². The van der Waals surface area contributed by atoms with Gasteiger partial charge in [0.1, 0.15) is 11.1 Å². The normalized spacial score (nSPS) is 23.6. The molecule has 0 atom stereocenters. The van der Waals surface area contributed by atoms with Gasteiger partial charge in [0.2, 0.25) is 0 Å². The molecule has 0 unspecified atom stereocenters. The number of benzene rings is 1. The van der Waals surface area contributed by atoms with Gasteiger partial charge in [0, 0.05) is 0 Å². The van der Waals surface area contributed by atoms with Crippen LogP contribution in [0.4, 0.5) is 0 Å². The maximum Gasteiger partial charge on any atom is 0.162 e. The predicted octanol–water partition coefficient (Wildman–Crippen LogP) is 3.35. The van der Waals surface area contributed by atoms with Gasteiger partial charge >= 0.3 is 0 Å². The Morgan fingerprint density at radius 3 is 2.33 bits per heavy atom. The molecule has 1 aliphatic rings. The summed E-state index contributed by atoms with van der Waals surface area (Å²) in [6, 6.07) is 8.48. The second-order valence-electron chi connectivity index (χ2n) is 2.30. The lowest BCUT2D eigenvalue weighted by Crippen LogP contribution is -1.96. The van der Waals surface area contributed by atoms with Gasteiger partial charge in [0.25, 0.3) is 0 Å². The Balaban J connectivity index is 2.13. The summed E-state index contributed by atoms with van der Waals surface area (Å²) in [5.74, 6) is 0.957. The zero-order valence-electron chi connectivity index (χ0n) is 6.53. The molecule has 1 saturated heterocycles. The summed E-state index contributed by atoms with van der Waals surface area (Å²) in [6.45, 7) is 1.07. The SMILES string of the molecule is COc1ccc([PH+]2SPS2)cc1. The van der Waals surface area contributed by atoms with E-state index in [4.69, 9.17) is 4.74 Å². The van der Waals surface area contributed by atoms with Crippen molar-refractivity contribution in [1.29, 1.82) is 0 Å². The van der Waals surface area contributed by atoms with Crippen molar-refractivity contribution in [3.8, 4) is 5.75 Å². The van der Waals surface area contributed by atoms with E-state index in [9.17, 15) is 0 Å². The van der Waals surface area contributed by atoms with Crippen molar-refractivity contribution in [1.82, 2.24) is 0 Å². The van der Waals surface area contributed by atoms with Crippen LogP contribution in [0.5, 0.6) is 5.75 Å². The largest absolute Gasteiger partial charge is 0.497 e. The van der Waals surface area contributed by atoms with Crippen LogP contribution in [0.3, 0.4) is 0 Å². The predicted molar refractivity (Wildman–Crippen MR) is 64.4 cm³/mol. The van der Waals surface area contributed by atoms with Gasteiger partial charge in [-0.25, -0.2) is 0 Å². The van der Waals surface area contributed by atoms with E-state index in [1.807, 2.05) is 0 Å². The zero-order valence-corrected chi connectivity index (χ0v) is 10.2. The molecule has 1 aromatic rings. The molecule has 1 aliphatic heterocycles. The van der Waals surface area contributed by atoms with E-state index in [0.717, 1.165) is 12.7 Å². The lowest BCUT2D eigenvalue weighted by molar-refractivity contribution is 0.415. The second-order valence-corrected chi connectivity index (χ2v) is 14.2. The molecule has 0 bridgehead atoms. The maximum atomic E-state index is 5.10. The van der Waals surface area contributed by atoms with Gasteiger partial charge in [-0.05, 0) is 24.3 Å². The van der Waals surface area contributed by atoms with Crippen LogP contribution in [0.25, 0.3) is 0 Å². The van der Waals surface area contributed by atoms with E-state index in [0.29, 0.717) is 0 Å². The summed E-state index contributed by atoms with van der Waals surface area (Å²) in [5, 5.41) is 1.51. The first-order chi connectivity index (χ1) is 5.90. The van der Waals surface area contributed by atoms with E-state index in [1.165, 1.54) is 5.30 Å². The Bertz CT molecular complexity index is 261. The number of hydrogen-bond acceptors (Lipinski definition) is 3. The van der Waals surface area contributed by atoms with Gasteiger partial charge in [-0.2, -0.15) is 0 Å². The molecule has 1 nitrogen and oxygen atoms in total. The number of rotatable bonds is 2. The Kier molecular flexibility index (Phi) is 3.20. The summed E-state index contributed by atoms with van der Waals surface area (Å²) < 4.78 is 5.10. The van der Waals surface area contributed by atoms with Crippen LogP contribution in [-0.2, 0) is 0 Å². The number of hydrogen-bond donors (Lipinski definition) is 0. The van der Waals surface area contributed by atoms with Crippen LogP contribution < -0.4 is 10.0 Å². The molecule has 0 amide bonds. The van der Waals surface area contributed by atoms with Gasteiger partial charge in [0.05, 0.1) is 36.1 Å². The first-order valence-corrected chi connectivity index (χ1v) is 10.5. The highest BCUT2D eigenvalue weighted by molar-refractivity contribution is 9.33. The molecule has 64 valence electrons. The van der Waals surface area contributed by atoms with Gasteiger partial charge < -0.3 is 4.74 Å². The third-order valence-corrected chi connectivity index (χ3v) is 19.8. The van der Waals surface area contributed by atoms with Gasteiger partial charge in [-0.15, -0.1) is 0 Å². The summed E-state index contributed by atoms with van der Waals surface area (Å²) in [4.78, 5) is 0. The minimum absolute atomic E-state index is 0.260. The molecule has 0 spiro atoms. The highest BCUT2D eigenvalue weighted by Crippen LogP contribution is 2.86. The van der Waals surface area contributed by atoms with E-state index in [1.54, 1.807) is 7.11 Å². The molecule has 2 rings (SSSR count). The molecule has 0 radical (unpaired) electrons. The standard InChI is InChI=1S/C7H8OP2S2/c1-8-6-2-4-7(5-3-6)10-11-9-12-10/h2-5,9H,1H3/p+1. The van der Waals surface area contributed by atoms with Crippen molar-refractivity contribution in [2.24, 2.45) is 0 Å². The molecule has 1 heterocycles. The van der Waals surface area contributed by atoms with E-state index in [2.05, 4.69) is 46.3 Å². The molecule has 1 aromatic carbocycles. The van der Waals surface area contributed by atoms with Crippen molar-refractivity contribution in [2.45, 2.75) is 0 Å². The first kappa shape index (κ1) is 9.15. The highest BCUT2D eigenvalue weighted by atomic mass is 33.6. The van der Waals surface area contributed by atoms with Crippen LogP contribution in [0, 0.1) is 0 Å². The molecule has 0 saturated carbocycles. The Morgan fingerprint density at radius 2 is 1.92 bits per heavy atom. The van der Waals surface area contributed by atoms with E-state index >= 15 is 0 Å². The van der Waals surface area contributed by atoms with Crippen molar-refractivity contribution in [3.05, 3.63) is 24.3 Å². The first-order valence-electron chi connectivity index (χ1n) is 3.50. The van der Waals surface area contributed by atoms with Crippen LogP contribution in [-0.4, -0.2) is 7.11 Å². The third kappa shape index (κ3) is 1.90. The summed E-state index contributed by atoms with van der Waals surface area (Å²) in [5.41, 5.74) is 0. The molecular formula is C7H9OP2S2+. The lowest BCUT2D eigenvalue weighted by atomic mass is 10.3. The summed E-state index contributed by atoms with van der Waals surface area (Å²) >= 11 is 4.25. The van der Waals surface area contributed by atoms with Crippen LogP contribution >= 0.6 is 35.3 Å². The molecule has 1 fully saturated rings. The topological polar surface area (TPSA) is 9.23 Å². The minimum atomic E-state index is -0.260. The Hall–Kier alpha value is 0.580. The summed E-state index contributed by atoms with van der Waals surface area (Å²) in [6.07, 6.45) is -0.260. The quantitative estimate of drug-likeness (QED) is 0.727. The van der Waals surface area contributed by atoms with Gasteiger partial charge in [-0.3, -0.25) is 0 Å². The van der Waals surface area contributed by atoms with E-state index < -0.39 is 0 Å². The molecular weight excluding hydrogens is 226 g/mol. The lowest BCUT2D eigenvalue weighted by Gasteiger charge is -2.12. The van der Waals surface area contributed by atoms with E-state index in [-0.39, 0.29) is 6.33 Å². The number of ether oxygens (including phenoxy) is 1. The highest BCUT2D eigenvalue weighted by Gasteiger charge is 2.32. The fourth-order valence-electron chi connectivity index (χ4n) is 0.928. The molecule has 5 heteroatoms. The fourth-order valence-corrected chi connectivity index (χ4v) is 11.9. The average Bonchev–Trinajstić information content (AvgIpc) is 2.03. The average molecular weight is 235 g/mol. The second kappa shape index (κ2) is 4.19. The number of methoxy groups -OCH3 is 1. The van der Waals surface area contributed by atoms with Crippen LogP contribution in [0.2, 0.25) is 0 Å². The smallest absolute Gasteiger partial charge is 0.162 e. The Morgan fingerprint density at radius 1 is 1.25 bits per heavy atom. The summed E-state index contributed by atoms with van der Waals surface area (Å²) in [7, 11) is 1.71. The van der Waals surface area contributed by atoms with Gasteiger partial charge in [0.15, 0.2) is 6.33 Å². The van der Waals surface area contributed by atoms with Crippen LogP contribution in [0.15, 0.2) is 24.3 Å². The third-order valence-electron chi connectivity index (χ3n) is 1.59.